The first-order valence-electron chi connectivity index (χ1n) is 7.26. The molecule has 1 amide bonds. The van der Waals surface area contributed by atoms with Crippen LogP contribution in [0.5, 0.6) is 0 Å². The van der Waals surface area contributed by atoms with Crippen molar-refractivity contribution in [1.29, 1.82) is 0 Å². The second kappa shape index (κ2) is 6.13. The van der Waals surface area contributed by atoms with E-state index >= 15 is 0 Å². The quantitative estimate of drug-likeness (QED) is 0.624. The van der Waals surface area contributed by atoms with Crippen molar-refractivity contribution < 1.29 is 9.53 Å². The zero-order valence-corrected chi connectivity index (χ0v) is 12.0. The molecule has 0 atom stereocenters. The third-order valence-electron chi connectivity index (χ3n) is 3.90. The Morgan fingerprint density at radius 3 is 2.81 bits per heavy atom. The van der Waals surface area contributed by atoms with E-state index in [1.54, 1.807) is 4.90 Å². The summed E-state index contributed by atoms with van der Waals surface area (Å²) >= 11 is 0. The smallest absolute Gasteiger partial charge is 0.248 e. The Hall–Kier alpha value is -2.08. The lowest BCUT2D eigenvalue weighted by Gasteiger charge is -2.27. The molecule has 2 heterocycles. The number of morpholine rings is 1. The predicted octanol–water partition coefficient (Wildman–Crippen LogP) is 0.223. The number of nitrogens with zero attached hydrogens (tertiary/aromatic N) is 3. The van der Waals surface area contributed by atoms with Crippen molar-refractivity contribution in [2.75, 3.05) is 44.3 Å². The number of rotatable bonds is 2. The Balaban J connectivity index is 1.62. The van der Waals surface area contributed by atoms with Crippen molar-refractivity contribution in [2.24, 2.45) is 10.7 Å². The molecule has 2 aliphatic heterocycles. The van der Waals surface area contributed by atoms with Gasteiger partial charge >= 0.3 is 0 Å². The summed E-state index contributed by atoms with van der Waals surface area (Å²) in [5.41, 5.74) is 8.16. The number of hydrogen-bond donors (Lipinski definition) is 1. The number of fused-ring (bicyclic) bond motifs is 1. The Kier molecular flexibility index (Phi) is 4.06. The van der Waals surface area contributed by atoms with E-state index in [1.165, 1.54) is 5.56 Å². The SMILES string of the molecule is NC(=NCC(=O)N1CCc2ccccc21)N1CCOCC1. The van der Waals surface area contributed by atoms with Crippen LogP contribution in [0.25, 0.3) is 0 Å². The van der Waals surface area contributed by atoms with Crippen molar-refractivity contribution in [2.45, 2.75) is 6.42 Å². The van der Waals surface area contributed by atoms with Gasteiger partial charge in [-0.1, -0.05) is 18.2 Å². The van der Waals surface area contributed by atoms with Gasteiger partial charge in [0.2, 0.25) is 5.91 Å². The second-order valence-corrected chi connectivity index (χ2v) is 5.20. The third kappa shape index (κ3) is 3.00. The number of aliphatic imine (C=N–C) groups is 1. The van der Waals surface area contributed by atoms with E-state index < -0.39 is 0 Å². The van der Waals surface area contributed by atoms with Crippen molar-refractivity contribution >= 4 is 17.6 Å². The highest BCUT2D eigenvalue weighted by molar-refractivity contribution is 5.97. The zero-order valence-electron chi connectivity index (χ0n) is 12.0. The maximum atomic E-state index is 12.3. The molecule has 2 N–H and O–H groups in total. The van der Waals surface area contributed by atoms with Gasteiger partial charge in [-0.05, 0) is 18.1 Å². The molecule has 0 radical (unpaired) electrons. The molecule has 21 heavy (non-hydrogen) atoms. The molecule has 6 heteroatoms. The minimum atomic E-state index is -0.00356. The van der Waals surface area contributed by atoms with Gasteiger partial charge in [0, 0.05) is 25.3 Å². The lowest BCUT2D eigenvalue weighted by atomic mass is 10.2. The van der Waals surface area contributed by atoms with Crippen LogP contribution in [0, 0.1) is 0 Å². The first kappa shape index (κ1) is 13.9. The summed E-state index contributed by atoms with van der Waals surface area (Å²) in [6, 6.07) is 8.00. The fourth-order valence-corrected chi connectivity index (χ4v) is 2.72. The summed E-state index contributed by atoms with van der Waals surface area (Å²) in [5.74, 6) is 0.426. The molecule has 1 aromatic rings. The first-order valence-corrected chi connectivity index (χ1v) is 7.26. The molecule has 112 valence electrons. The van der Waals surface area contributed by atoms with E-state index in [0.29, 0.717) is 19.2 Å². The molecule has 0 unspecified atom stereocenters. The molecule has 1 saturated heterocycles. The standard InChI is InChI=1S/C15H20N4O2/c16-15(18-7-9-21-10-8-18)17-11-14(20)19-6-5-12-3-1-2-4-13(12)19/h1-4H,5-11H2,(H2,16,17). The lowest BCUT2D eigenvalue weighted by Crippen LogP contribution is -2.45. The van der Waals surface area contributed by atoms with Crippen LogP contribution in [-0.2, 0) is 16.0 Å². The van der Waals surface area contributed by atoms with Crippen molar-refractivity contribution in [1.82, 2.24) is 4.90 Å². The summed E-state index contributed by atoms with van der Waals surface area (Å²) in [5, 5.41) is 0. The van der Waals surface area contributed by atoms with Gasteiger partial charge in [-0.15, -0.1) is 0 Å². The zero-order chi connectivity index (χ0) is 14.7. The van der Waals surface area contributed by atoms with Gasteiger partial charge in [0.25, 0.3) is 0 Å². The largest absolute Gasteiger partial charge is 0.378 e. The Morgan fingerprint density at radius 1 is 1.24 bits per heavy atom. The second-order valence-electron chi connectivity index (χ2n) is 5.20. The Morgan fingerprint density at radius 2 is 2.00 bits per heavy atom. The summed E-state index contributed by atoms with van der Waals surface area (Å²) in [6.45, 7) is 3.60. The number of ether oxygens (including phenoxy) is 1. The molecular weight excluding hydrogens is 268 g/mol. The van der Waals surface area contributed by atoms with Gasteiger partial charge in [0.15, 0.2) is 5.96 Å². The number of carbonyl (C=O) groups excluding carboxylic acids is 1. The molecule has 0 aromatic heterocycles. The first-order chi connectivity index (χ1) is 10.3. The van der Waals surface area contributed by atoms with Gasteiger partial charge < -0.3 is 20.3 Å². The lowest BCUT2D eigenvalue weighted by molar-refractivity contribution is -0.117. The molecule has 0 saturated carbocycles. The van der Waals surface area contributed by atoms with E-state index in [4.69, 9.17) is 10.5 Å². The van der Waals surface area contributed by atoms with Crippen LogP contribution in [0.3, 0.4) is 0 Å². The van der Waals surface area contributed by atoms with Crippen LogP contribution >= 0.6 is 0 Å². The van der Waals surface area contributed by atoms with Crippen molar-refractivity contribution in [3.8, 4) is 0 Å². The van der Waals surface area contributed by atoms with Gasteiger partial charge in [-0.3, -0.25) is 4.79 Å². The van der Waals surface area contributed by atoms with Crippen LogP contribution in [0.4, 0.5) is 5.69 Å². The normalized spacial score (nSPS) is 18.8. The molecule has 6 nitrogen and oxygen atoms in total. The summed E-state index contributed by atoms with van der Waals surface area (Å²) in [7, 11) is 0. The maximum absolute atomic E-state index is 12.3. The van der Waals surface area contributed by atoms with Crippen LogP contribution in [0.15, 0.2) is 29.3 Å². The highest BCUT2D eigenvalue weighted by Crippen LogP contribution is 2.27. The number of benzene rings is 1. The third-order valence-corrected chi connectivity index (χ3v) is 3.90. The Labute approximate surface area is 124 Å². The molecule has 1 aromatic carbocycles. The average molecular weight is 288 g/mol. The van der Waals surface area contributed by atoms with Crippen LogP contribution in [-0.4, -0.2) is 56.2 Å². The van der Waals surface area contributed by atoms with Gasteiger partial charge in [0.1, 0.15) is 6.54 Å². The molecule has 3 rings (SSSR count). The predicted molar refractivity (Wildman–Crippen MR) is 81.4 cm³/mol. The van der Waals surface area contributed by atoms with Crippen LogP contribution < -0.4 is 10.6 Å². The average Bonchev–Trinajstić information content (AvgIpc) is 2.97. The monoisotopic (exact) mass is 288 g/mol. The Bertz CT molecular complexity index is 552. The van der Waals surface area contributed by atoms with Crippen molar-refractivity contribution in [3.05, 3.63) is 29.8 Å². The van der Waals surface area contributed by atoms with E-state index in [2.05, 4.69) is 11.1 Å². The molecular formula is C15H20N4O2. The molecule has 2 aliphatic rings. The number of anilines is 1. The van der Waals surface area contributed by atoms with E-state index in [9.17, 15) is 4.79 Å². The molecule has 0 spiro atoms. The van der Waals surface area contributed by atoms with Gasteiger partial charge in [-0.25, -0.2) is 4.99 Å². The number of carbonyl (C=O) groups is 1. The number of guanidine groups is 1. The van der Waals surface area contributed by atoms with Gasteiger partial charge in [-0.2, -0.15) is 0 Å². The van der Waals surface area contributed by atoms with Crippen molar-refractivity contribution in [3.63, 3.8) is 0 Å². The fourth-order valence-electron chi connectivity index (χ4n) is 2.72. The van der Waals surface area contributed by atoms with Gasteiger partial charge in [0.05, 0.1) is 13.2 Å². The van der Waals surface area contributed by atoms with Crippen LogP contribution in [0.1, 0.15) is 5.56 Å². The number of para-hydroxylation sites is 1. The topological polar surface area (TPSA) is 71.2 Å². The molecule has 0 bridgehead atoms. The number of nitrogens with two attached hydrogens (primary N) is 1. The summed E-state index contributed by atoms with van der Waals surface area (Å²) < 4.78 is 5.27. The van der Waals surface area contributed by atoms with E-state index in [-0.39, 0.29) is 12.5 Å². The van der Waals surface area contributed by atoms with E-state index in [0.717, 1.165) is 31.7 Å². The van der Waals surface area contributed by atoms with E-state index in [1.807, 2.05) is 23.1 Å². The highest BCUT2D eigenvalue weighted by atomic mass is 16.5. The van der Waals surface area contributed by atoms with Crippen LogP contribution in [0.2, 0.25) is 0 Å². The number of hydrogen-bond acceptors (Lipinski definition) is 3. The fraction of sp³-hybridized carbons (Fsp3) is 0.467. The summed E-state index contributed by atoms with van der Waals surface area (Å²) in [6.07, 6.45) is 0.907. The maximum Gasteiger partial charge on any atom is 0.248 e. The number of amides is 1. The molecule has 1 fully saturated rings. The summed E-state index contributed by atoms with van der Waals surface area (Å²) in [4.78, 5) is 20.3. The minimum absolute atomic E-state index is 0.00356. The minimum Gasteiger partial charge on any atom is -0.378 e. The highest BCUT2D eigenvalue weighted by Gasteiger charge is 2.23. The molecule has 0 aliphatic carbocycles.